The van der Waals surface area contributed by atoms with Gasteiger partial charge < -0.3 is 15.0 Å². The van der Waals surface area contributed by atoms with Crippen LogP contribution >= 0.6 is 15.9 Å². The van der Waals surface area contributed by atoms with Crippen LogP contribution in [0.5, 0.6) is 0 Å². The van der Waals surface area contributed by atoms with Gasteiger partial charge in [0.15, 0.2) is 0 Å². The minimum atomic E-state index is 0.146. The lowest BCUT2D eigenvalue weighted by Gasteiger charge is -2.27. The summed E-state index contributed by atoms with van der Waals surface area (Å²) in [6, 6.07) is 8.23. The fourth-order valence-corrected chi connectivity index (χ4v) is 2.77. The number of halogens is 1. The SMILES string of the molecule is CCN(Cc1cccc(Br)c1)C(=O)CC1COCCN1. The van der Waals surface area contributed by atoms with Crippen LogP contribution in [0, 0.1) is 0 Å². The number of benzene rings is 1. The largest absolute Gasteiger partial charge is 0.378 e. The Morgan fingerprint density at radius 3 is 3.05 bits per heavy atom. The van der Waals surface area contributed by atoms with Crippen molar-refractivity contribution in [2.24, 2.45) is 0 Å². The number of carbonyl (C=O) groups is 1. The van der Waals surface area contributed by atoms with E-state index < -0.39 is 0 Å². The molecule has 20 heavy (non-hydrogen) atoms. The highest BCUT2D eigenvalue weighted by Crippen LogP contribution is 2.14. The molecule has 0 radical (unpaired) electrons. The molecule has 1 aliphatic heterocycles. The quantitative estimate of drug-likeness (QED) is 0.893. The second-order valence-corrected chi connectivity index (χ2v) is 5.88. The molecule has 0 saturated carbocycles. The van der Waals surface area contributed by atoms with Gasteiger partial charge in [-0.2, -0.15) is 0 Å². The molecule has 110 valence electrons. The number of ether oxygens (including phenoxy) is 1. The van der Waals surface area contributed by atoms with Gasteiger partial charge in [-0.25, -0.2) is 0 Å². The fraction of sp³-hybridized carbons (Fsp3) is 0.533. The average Bonchev–Trinajstić information content (AvgIpc) is 2.46. The van der Waals surface area contributed by atoms with Crippen LogP contribution in [0.4, 0.5) is 0 Å². The van der Waals surface area contributed by atoms with Crippen molar-refractivity contribution in [3.8, 4) is 0 Å². The van der Waals surface area contributed by atoms with Crippen molar-refractivity contribution in [1.29, 1.82) is 0 Å². The molecule has 1 aromatic rings. The monoisotopic (exact) mass is 340 g/mol. The number of carbonyl (C=O) groups excluding carboxylic acids is 1. The Morgan fingerprint density at radius 1 is 1.55 bits per heavy atom. The number of nitrogens with one attached hydrogen (secondary N) is 1. The number of nitrogens with zero attached hydrogens (tertiary/aromatic N) is 1. The van der Waals surface area contributed by atoms with Crippen molar-refractivity contribution in [1.82, 2.24) is 10.2 Å². The Bertz CT molecular complexity index is 447. The van der Waals surface area contributed by atoms with E-state index in [1.54, 1.807) is 0 Å². The molecule has 1 N–H and O–H groups in total. The van der Waals surface area contributed by atoms with Crippen molar-refractivity contribution >= 4 is 21.8 Å². The van der Waals surface area contributed by atoms with Gasteiger partial charge in [0.25, 0.3) is 0 Å². The number of amides is 1. The summed E-state index contributed by atoms with van der Waals surface area (Å²) in [6.07, 6.45) is 0.502. The lowest BCUT2D eigenvalue weighted by atomic mass is 10.1. The third kappa shape index (κ3) is 4.58. The maximum Gasteiger partial charge on any atom is 0.224 e. The molecule has 1 atom stereocenters. The van der Waals surface area contributed by atoms with Crippen molar-refractivity contribution in [2.45, 2.75) is 25.9 Å². The highest BCUT2D eigenvalue weighted by Gasteiger charge is 2.20. The molecule has 4 nitrogen and oxygen atoms in total. The first-order valence-corrected chi connectivity index (χ1v) is 7.81. The molecule has 1 aromatic carbocycles. The van der Waals surface area contributed by atoms with Crippen LogP contribution < -0.4 is 5.32 Å². The van der Waals surface area contributed by atoms with Gasteiger partial charge in [0.1, 0.15) is 0 Å². The Morgan fingerprint density at radius 2 is 2.40 bits per heavy atom. The van der Waals surface area contributed by atoms with Crippen LogP contribution in [0.15, 0.2) is 28.7 Å². The summed E-state index contributed by atoms with van der Waals surface area (Å²) in [4.78, 5) is 14.2. The zero-order valence-corrected chi connectivity index (χ0v) is 13.4. The normalized spacial score (nSPS) is 18.8. The first kappa shape index (κ1) is 15.5. The van der Waals surface area contributed by atoms with E-state index in [1.165, 1.54) is 0 Å². The summed E-state index contributed by atoms with van der Waals surface area (Å²) in [7, 11) is 0. The molecule has 5 heteroatoms. The van der Waals surface area contributed by atoms with E-state index >= 15 is 0 Å². The second-order valence-electron chi connectivity index (χ2n) is 4.97. The molecular formula is C15H21BrN2O2. The molecule has 0 spiro atoms. The lowest BCUT2D eigenvalue weighted by molar-refractivity contribution is -0.132. The maximum atomic E-state index is 12.4. The highest BCUT2D eigenvalue weighted by atomic mass is 79.9. The molecule has 0 aliphatic carbocycles. The van der Waals surface area contributed by atoms with E-state index in [1.807, 2.05) is 30.0 Å². The molecule has 0 aromatic heterocycles. The molecule has 0 bridgehead atoms. The van der Waals surface area contributed by atoms with Crippen LogP contribution in [0.25, 0.3) is 0 Å². The summed E-state index contributed by atoms with van der Waals surface area (Å²) < 4.78 is 6.43. The standard InChI is InChI=1S/C15H21BrN2O2/c1-2-18(10-12-4-3-5-13(16)8-12)15(19)9-14-11-20-7-6-17-14/h3-5,8,14,17H,2,6-7,9-11H2,1H3. The van der Waals surface area contributed by atoms with Gasteiger partial charge in [0.2, 0.25) is 5.91 Å². The molecule has 1 fully saturated rings. The molecule has 1 unspecified atom stereocenters. The van der Waals surface area contributed by atoms with Crippen molar-refractivity contribution in [3.63, 3.8) is 0 Å². The molecule has 1 heterocycles. The predicted molar refractivity (Wildman–Crippen MR) is 82.5 cm³/mol. The molecule has 1 aliphatic rings. The van der Waals surface area contributed by atoms with Gasteiger partial charge in [0, 0.05) is 36.6 Å². The summed E-state index contributed by atoms with van der Waals surface area (Å²) in [5.41, 5.74) is 1.14. The summed E-state index contributed by atoms with van der Waals surface area (Å²) in [6.45, 7) is 5.58. The van der Waals surface area contributed by atoms with Gasteiger partial charge in [-0.1, -0.05) is 28.1 Å². The minimum absolute atomic E-state index is 0.146. The van der Waals surface area contributed by atoms with E-state index in [9.17, 15) is 4.79 Å². The first-order valence-electron chi connectivity index (χ1n) is 7.02. The zero-order valence-electron chi connectivity index (χ0n) is 11.8. The first-order chi connectivity index (χ1) is 9.69. The number of rotatable bonds is 5. The zero-order chi connectivity index (χ0) is 14.4. The van der Waals surface area contributed by atoms with Gasteiger partial charge in [-0.15, -0.1) is 0 Å². The molecule has 1 saturated heterocycles. The lowest BCUT2D eigenvalue weighted by Crippen LogP contribution is -2.45. The molecular weight excluding hydrogens is 320 g/mol. The number of morpholine rings is 1. The van der Waals surface area contributed by atoms with Crippen molar-refractivity contribution < 1.29 is 9.53 Å². The van der Waals surface area contributed by atoms with Crippen molar-refractivity contribution in [2.75, 3.05) is 26.3 Å². The predicted octanol–water partition coefficient (Wildman–Crippen LogP) is 2.18. The van der Waals surface area contributed by atoms with E-state index in [2.05, 4.69) is 27.3 Å². The Labute approximate surface area is 128 Å². The van der Waals surface area contributed by atoms with Crippen LogP contribution in [-0.2, 0) is 16.1 Å². The van der Waals surface area contributed by atoms with Crippen LogP contribution in [-0.4, -0.2) is 43.2 Å². The number of hydrogen-bond donors (Lipinski definition) is 1. The Hall–Kier alpha value is -0.910. The highest BCUT2D eigenvalue weighted by molar-refractivity contribution is 9.10. The third-order valence-corrected chi connectivity index (χ3v) is 3.91. The topological polar surface area (TPSA) is 41.6 Å². The van der Waals surface area contributed by atoms with Crippen LogP contribution in [0.3, 0.4) is 0 Å². The van der Waals surface area contributed by atoms with Crippen LogP contribution in [0.2, 0.25) is 0 Å². The van der Waals surface area contributed by atoms with Gasteiger partial charge in [-0.3, -0.25) is 4.79 Å². The summed E-state index contributed by atoms with van der Waals surface area (Å²) in [5.74, 6) is 0.176. The maximum absolute atomic E-state index is 12.4. The van der Waals surface area contributed by atoms with Crippen molar-refractivity contribution in [3.05, 3.63) is 34.3 Å². The van der Waals surface area contributed by atoms with Gasteiger partial charge >= 0.3 is 0 Å². The van der Waals surface area contributed by atoms with E-state index in [-0.39, 0.29) is 11.9 Å². The van der Waals surface area contributed by atoms with E-state index in [0.29, 0.717) is 19.6 Å². The molecule has 1 amide bonds. The Balaban J connectivity index is 1.91. The summed E-state index contributed by atoms with van der Waals surface area (Å²) >= 11 is 3.46. The van der Waals surface area contributed by atoms with E-state index in [0.717, 1.165) is 29.7 Å². The Kier molecular flexibility index (Phi) is 6.01. The summed E-state index contributed by atoms with van der Waals surface area (Å²) in [5, 5.41) is 3.32. The van der Waals surface area contributed by atoms with Gasteiger partial charge in [-0.05, 0) is 24.6 Å². The number of hydrogen-bond acceptors (Lipinski definition) is 3. The van der Waals surface area contributed by atoms with Gasteiger partial charge in [0.05, 0.1) is 13.2 Å². The molecule has 2 rings (SSSR count). The van der Waals surface area contributed by atoms with E-state index in [4.69, 9.17) is 4.74 Å². The third-order valence-electron chi connectivity index (χ3n) is 3.42. The van der Waals surface area contributed by atoms with Crippen LogP contribution in [0.1, 0.15) is 18.9 Å². The second kappa shape index (κ2) is 7.76. The smallest absolute Gasteiger partial charge is 0.224 e. The average molecular weight is 341 g/mol. The minimum Gasteiger partial charge on any atom is -0.378 e. The fourth-order valence-electron chi connectivity index (χ4n) is 2.32.